The number of carbonyl (C=O) groups excluding carboxylic acids is 2. The van der Waals surface area contributed by atoms with Gasteiger partial charge in [0.25, 0.3) is 0 Å². The molecule has 3 rings (SSSR count). The quantitative estimate of drug-likeness (QED) is 0.470. The van der Waals surface area contributed by atoms with Crippen LogP contribution in [0.25, 0.3) is 11.3 Å². The molecule has 0 bridgehead atoms. The molecule has 0 atom stereocenters. The minimum atomic E-state index is -0.422. The normalized spacial score (nSPS) is 10.3. The van der Waals surface area contributed by atoms with Crippen molar-refractivity contribution in [3.63, 3.8) is 0 Å². The molecule has 1 N–H and O–H groups in total. The first-order valence-corrected chi connectivity index (χ1v) is 9.67. The summed E-state index contributed by atoms with van der Waals surface area (Å²) in [5.74, 6) is 0.333. The van der Waals surface area contributed by atoms with Crippen LogP contribution in [0.15, 0.2) is 65.7 Å². The van der Waals surface area contributed by atoms with Crippen LogP contribution in [0.5, 0.6) is 5.75 Å². The number of nitrogens with zero attached hydrogens (tertiary/aromatic N) is 2. The van der Waals surface area contributed by atoms with E-state index in [-0.39, 0.29) is 11.7 Å². The number of aromatic nitrogens is 2. The van der Waals surface area contributed by atoms with Gasteiger partial charge in [0.2, 0.25) is 5.91 Å². The van der Waals surface area contributed by atoms with Gasteiger partial charge in [-0.1, -0.05) is 23.9 Å². The molecule has 0 saturated carbocycles. The number of nitrogens with one attached hydrogen (secondary N) is 1. The van der Waals surface area contributed by atoms with E-state index in [1.807, 2.05) is 36.4 Å². The fourth-order valence-corrected chi connectivity index (χ4v) is 3.09. The van der Waals surface area contributed by atoms with Gasteiger partial charge in [-0.05, 0) is 48.5 Å². The summed E-state index contributed by atoms with van der Waals surface area (Å²) in [5, 5.41) is 11.8. The van der Waals surface area contributed by atoms with Crippen molar-refractivity contribution in [2.45, 2.75) is 5.03 Å². The molecule has 3 aromatic rings. The van der Waals surface area contributed by atoms with Crippen LogP contribution in [0, 0.1) is 0 Å². The number of anilines is 1. The highest BCUT2D eigenvalue weighted by atomic mass is 32.2. The Hall–Kier alpha value is -3.39. The summed E-state index contributed by atoms with van der Waals surface area (Å²) in [7, 11) is 2.93. The Kier molecular flexibility index (Phi) is 6.80. The zero-order valence-electron chi connectivity index (χ0n) is 15.9. The zero-order valence-corrected chi connectivity index (χ0v) is 16.7. The molecule has 0 aliphatic heterocycles. The highest BCUT2D eigenvalue weighted by molar-refractivity contribution is 7.99. The Balaban J connectivity index is 1.54. The van der Waals surface area contributed by atoms with Crippen LogP contribution in [-0.4, -0.2) is 42.0 Å². The molecule has 8 heteroatoms. The fraction of sp³-hybridized carbons (Fsp3) is 0.143. The highest BCUT2D eigenvalue weighted by Gasteiger charge is 2.08. The molecule has 7 nitrogen and oxygen atoms in total. The van der Waals surface area contributed by atoms with E-state index in [4.69, 9.17) is 4.74 Å². The number of rotatable bonds is 7. The van der Waals surface area contributed by atoms with Crippen molar-refractivity contribution in [3.8, 4) is 17.0 Å². The first-order valence-electron chi connectivity index (χ1n) is 8.68. The van der Waals surface area contributed by atoms with Crippen molar-refractivity contribution in [2.24, 2.45) is 0 Å². The molecule has 29 heavy (non-hydrogen) atoms. The lowest BCUT2D eigenvalue weighted by atomic mass is 10.1. The second kappa shape index (κ2) is 9.70. The van der Waals surface area contributed by atoms with Crippen molar-refractivity contribution in [1.82, 2.24) is 10.2 Å². The second-order valence-electron chi connectivity index (χ2n) is 5.89. The minimum Gasteiger partial charge on any atom is -0.497 e. The summed E-state index contributed by atoms with van der Waals surface area (Å²) >= 11 is 1.29. The average Bonchev–Trinajstić information content (AvgIpc) is 2.78. The number of thioether (sulfide) groups is 1. The van der Waals surface area contributed by atoms with Crippen LogP contribution in [-0.2, 0) is 9.53 Å². The van der Waals surface area contributed by atoms with Gasteiger partial charge in [-0.2, -0.15) is 0 Å². The van der Waals surface area contributed by atoms with E-state index >= 15 is 0 Å². The van der Waals surface area contributed by atoms with E-state index in [9.17, 15) is 9.59 Å². The maximum atomic E-state index is 12.1. The van der Waals surface area contributed by atoms with Crippen molar-refractivity contribution < 1.29 is 19.1 Å². The Morgan fingerprint density at radius 3 is 2.45 bits per heavy atom. The number of amides is 1. The molecule has 148 valence electrons. The van der Waals surface area contributed by atoms with Crippen molar-refractivity contribution in [2.75, 3.05) is 25.3 Å². The summed E-state index contributed by atoms with van der Waals surface area (Å²) < 4.78 is 9.86. The van der Waals surface area contributed by atoms with Gasteiger partial charge in [0.05, 0.1) is 31.2 Å². The van der Waals surface area contributed by atoms with Crippen LogP contribution in [0.1, 0.15) is 10.4 Å². The fourth-order valence-electron chi connectivity index (χ4n) is 2.48. The van der Waals surface area contributed by atoms with E-state index in [1.165, 1.54) is 18.9 Å². The molecule has 0 radical (unpaired) electrons. The summed E-state index contributed by atoms with van der Waals surface area (Å²) in [6, 6.07) is 17.7. The maximum Gasteiger partial charge on any atom is 0.337 e. The molecule has 2 aromatic carbocycles. The van der Waals surface area contributed by atoms with Gasteiger partial charge in [-0.3, -0.25) is 4.79 Å². The van der Waals surface area contributed by atoms with Crippen LogP contribution in [0.4, 0.5) is 5.69 Å². The third kappa shape index (κ3) is 5.55. The predicted molar refractivity (Wildman–Crippen MR) is 111 cm³/mol. The summed E-state index contributed by atoms with van der Waals surface area (Å²) in [6.07, 6.45) is 0. The van der Waals surface area contributed by atoms with Crippen LogP contribution >= 0.6 is 11.8 Å². The summed E-state index contributed by atoms with van der Waals surface area (Å²) in [6.45, 7) is 0. The number of hydrogen-bond acceptors (Lipinski definition) is 7. The monoisotopic (exact) mass is 409 g/mol. The van der Waals surface area contributed by atoms with Crippen LogP contribution in [0.2, 0.25) is 0 Å². The third-order valence-corrected chi connectivity index (χ3v) is 4.87. The van der Waals surface area contributed by atoms with E-state index < -0.39 is 5.97 Å². The first kappa shape index (κ1) is 20.3. The summed E-state index contributed by atoms with van der Waals surface area (Å²) in [5.41, 5.74) is 2.65. The van der Waals surface area contributed by atoms with Crippen LogP contribution in [0.3, 0.4) is 0 Å². The largest absolute Gasteiger partial charge is 0.497 e. The Morgan fingerprint density at radius 1 is 1.00 bits per heavy atom. The van der Waals surface area contributed by atoms with Gasteiger partial charge < -0.3 is 14.8 Å². The van der Waals surface area contributed by atoms with E-state index in [0.29, 0.717) is 16.3 Å². The molecule has 0 spiro atoms. The number of carbonyl (C=O) groups is 2. The van der Waals surface area contributed by atoms with Crippen molar-refractivity contribution >= 4 is 29.3 Å². The number of benzene rings is 2. The van der Waals surface area contributed by atoms with E-state index in [1.54, 1.807) is 31.4 Å². The van der Waals surface area contributed by atoms with Gasteiger partial charge in [-0.25, -0.2) is 4.79 Å². The average molecular weight is 409 g/mol. The number of ether oxygens (including phenoxy) is 2. The second-order valence-corrected chi connectivity index (χ2v) is 6.89. The number of methoxy groups -OCH3 is 2. The highest BCUT2D eigenvalue weighted by Crippen LogP contribution is 2.23. The lowest BCUT2D eigenvalue weighted by Gasteiger charge is -2.06. The molecular weight excluding hydrogens is 390 g/mol. The SMILES string of the molecule is COC(=O)c1ccc(NC(=O)CSc2ccc(-c3cccc(OC)c3)nn2)cc1. The van der Waals surface area contributed by atoms with Gasteiger partial charge in [-0.15, -0.1) is 10.2 Å². The Morgan fingerprint density at radius 2 is 1.79 bits per heavy atom. The van der Waals surface area contributed by atoms with Crippen LogP contribution < -0.4 is 10.1 Å². The minimum absolute atomic E-state index is 0.181. The van der Waals surface area contributed by atoms with Gasteiger partial charge in [0, 0.05) is 11.3 Å². The van der Waals surface area contributed by atoms with Crippen molar-refractivity contribution in [3.05, 3.63) is 66.2 Å². The molecule has 0 unspecified atom stereocenters. The molecule has 1 aromatic heterocycles. The molecular formula is C21H19N3O4S. The van der Waals surface area contributed by atoms with Crippen molar-refractivity contribution in [1.29, 1.82) is 0 Å². The molecule has 0 saturated heterocycles. The molecule has 1 heterocycles. The molecule has 1 amide bonds. The lowest BCUT2D eigenvalue weighted by molar-refractivity contribution is -0.113. The number of hydrogen-bond donors (Lipinski definition) is 1. The van der Waals surface area contributed by atoms with Gasteiger partial charge in [0.1, 0.15) is 10.8 Å². The zero-order chi connectivity index (χ0) is 20.6. The van der Waals surface area contributed by atoms with Gasteiger partial charge >= 0.3 is 5.97 Å². The Bertz CT molecular complexity index is 992. The standard InChI is InChI=1S/C21H19N3O4S/c1-27-17-5-3-4-15(12-17)18-10-11-20(24-23-18)29-13-19(25)22-16-8-6-14(7-9-16)21(26)28-2/h3-12H,13H2,1-2H3,(H,22,25). The molecule has 0 aliphatic rings. The third-order valence-electron chi connectivity index (χ3n) is 3.95. The molecule has 0 fully saturated rings. The number of esters is 1. The lowest BCUT2D eigenvalue weighted by Crippen LogP contribution is -2.14. The predicted octanol–water partition coefficient (Wildman–Crippen LogP) is 3.67. The van der Waals surface area contributed by atoms with E-state index in [0.717, 1.165) is 17.0 Å². The topological polar surface area (TPSA) is 90.4 Å². The smallest absolute Gasteiger partial charge is 0.337 e. The first-order chi connectivity index (χ1) is 14.1. The Labute approximate surface area is 172 Å². The van der Waals surface area contributed by atoms with E-state index in [2.05, 4.69) is 20.3 Å². The molecule has 0 aliphatic carbocycles. The summed E-state index contributed by atoms with van der Waals surface area (Å²) in [4.78, 5) is 23.6. The maximum absolute atomic E-state index is 12.1. The van der Waals surface area contributed by atoms with Gasteiger partial charge in [0.15, 0.2) is 0 Å².